The molecular formula is C13H17N3O2. The van der Waals surface area contributed by atoms with Gasteiger partial charge in [-0.25, -0.2) is 0 Å². The first kappa shape index (κ1) is 12.7. The van der Waals surface area contributed by atoms with Crippen molar-refractivity contribution in [3.8, 4) is 6.07 Å². The molecule has 1 unspecified atom stereocenters. The van der Waals surface area contributed by atoms with Crippen LogP contribution in [-0.2, 0) is 0 Å². The highest BCUT2D eigenvalue weighted by molar-refractivity contribution is 5.91. The summed E-state index contributed by atoms with van der Waals surface area (Å²) in [6.45, 7) is 6.46. The summed E-state index contributed by atoms with van der Waals surface area (Å²) in [5.41, 5.74) is 0. The van der Waals surface area contributed by atoms with Crippen molar-refractivity contribution in [3.05, 3.63) is 23.7 Å². The third-order valence-corrected chi connectivity index (χ3v) is 3.29. The average Bonchev–Trinajstić information content (AvgIpc) is 2.84. The van der Waals surface area contributed by atoms with Crippen molar-refractivity contribution < 1.29 is 9.21 Å². The molecule has 5 heteroatoms. The van der Waals surface area contributed by atoms with Crippen molar-refractivity contribution in [1.29, 1.82) is 5.26 Å². The molecular weight excluding hydrogens is 230 g/mol. The van der Waals surface area contributed by atoms with E-state index in [0.717, 1.165) is 18.8 Å². The Bertz CT molecular complexity index is 467. The van der Waals surface area contributed by atoms with Crippen molar-refractivity contribution >= 4 is 5.91 Å². The first-order valence-electron chi connectivity index (χ1n) is 6.11. The molecule has 0 radical (unpaired) electrons. The van der Waals surface area contributed by atoms with Crippen LogP contribution < -0.4 is 0 Å². The number of hydrogen-bond acceptors (Lipinski definition) is 4. The van der Waals surface area contributed by atoms with Crippen LogP contribution in [0.3, 0.4) is 0 Å². The molecule has 1 aliphatic heterocycles. The number of furan rings is 1. The smallest absolute Gasteiger partial charge is 0.289 e. The number of nitrogens with zero attached hydrogens (tertiary/aromatic N) is 3. The van der Waals surface area contributed by atoms with Crippen LogP contribution >= 0.6 is 0 Å². The Hall–Kier alpha value is -1.80. The molecule has 1 aliphatic rings. The number of rotatable bonds is 2. The van der Waals surface area contributed by atoms with Gasteiger partial charge >= 0.3 is 0 Å². The first-order valence-corrected chi connectivity index (χ1v) is 6.11. The minimum Gasteiger partial charge on any atom is -0.456 e. The van der Waals surface area contributed by atoms with E-state index in [-0.39, 0.29) is 11.9 Å². The third-order valence-electron chi connectivity index (χ3n) is 3.29. The minimum atomic E-state index is -0.0897. The van der Waals surface area contributed by atoms with Crippen LogP contribution in [0.15, 0.2) is 16.5 Å². The van der Waals surface area contributed by atoms with Crippen LogP contribution in [0, 0.1) is 18.3 Å². The maximum absolute atomic E-state index is 12.1. The second kappa shape index (κ2) is 5.23. The van der Waals surface area contributed by atoms with Gasteiger partial charge in [0.1, 0.15) is 5.76 Å². The van der Waals surface area contributed by atoms with E-state index >= 15 is 0 Å². The molecule has 0 aliphatic carbocycles. The molecule has 2 heterocycles. The molecule has 1 aromatic heterocycles. The maximum Gasteiger partial charge on any atom is 0.289 e. The predicted octanol–water partition coefficient (Wildman–Crippen LogP) is 1.26. The van der Waals surface area contributed by atoms with Gasteiger partial charge in [0.25, 0.3) is 5.91 Å². The number of aryl methyl sites for hydroxylation is 1. The van der Waals surface area contributed by atoms with E-state index in [1.807, 2.05) is 13.8 Å². The fourth-order valence-corrected chi connectivity index (χ4v) is 2.10. The fraction of sp³-hybridized carbons (Fsp3) is 0.538. The van der Waals surface area contributed by atoms with Crippen LogP contribution in [0.2, 0.25) is 0 Å². The standard InChI is InChI=1S/C13H17N3O2/c1-10(9-14)15-5-7-16(8-6-15)13(17)12-4-3-11(2)18-12/h3-4,10H,5-8H2,1-2H3. The van der Waals surface area contributed by atoms with E-state index in [0.29, 0.717) is 18.8 Å². The second-order valence-electron chi connectivity index (χ2n) is 4.54. The summed E-state index contributed by atoms with van der Waals surface area (Å²) in [6, 6.07) is 5.63. The zero-order chi connectivity index (χ0) is 13.1. The summed E-state index contributed by atoms with van der Waals surface area (Å²) in [7, 11) is 0. The average molecular weight is 247 g/mol. The summed E-state index contributed by atoms with van der Waals surface area (Å²) in [6.07, 6.45) is 0. The van der Waals surface area contributed by atoms with Gasteiger partial charge in [0, 0.05) is 26.2 Å². The minimum absolute atomic E-state index is 0.0626. The molecule has 2 rings (SSSR count). The van der Waals surface area contributed by atoms with Crippen molar-refractivity contribution in [3.63, 3.8) is 0 Å². The number of hydrogen-bond donors (Lipinski definition) is 0. The van der Waals surface area contributed by atoms with Crippen LogP contribution in [0.1, 0.15) is 23.2 Å². The lowest BCUT2D eigenvalue weighted by molar-refractivity contribution is 0.0584. The van der Waals surface area contributed by atoms with Crippen LogP contribution in [0.5, 0.6) is 0 Å². The molecule has 0 spiro atoms. The van der Waals surface area contributed by atoms with Gasteiger partial charge in [-0.3, -0.25) is 9.69 Å². The molecule has 1 aromatic rings. The van der Waals surface area contributed by atoms with Gasteiger partial charge in [-0.1, -0.05) is 0 Å². The van der Waals surface area contributed by atoms with E-state index in [4.69, 9.17) is 9.68 Å². The predicted molar refractivity (Wildman–Crippen MR) is 66.0 cm³/mol. The lowest BCUT2D eigenvalue weighted by atomic mass is 10.2. The highest BCUT2D eigenvalue weighted by atomic mass is 16.3. The SMILES string of the molecule is Cc1ccc(C(=O)N2CCN(C(C)C#N)CC2)o1. The molecule has 0 bridgehead atoms. The van der Waals surface area contributed by atoms with Crippen LogP contribution in [0.4, 0.5) is 0 Å². The van der Waals surface area contributed by atoms with Crippen molar-refractivity contribution in [2.24, 2.45) is 0 Å². The zero-order valence-electron chi connectivity index (χ0n) is 10.7. The van der Waals surface area contributed by atoms with Gasteiger partial charge in [0.15, 0.2) is 5.76 Å². The van der Waals surface area contributed by atoms with E-state index in [9.17, 15) is 4.79 Å². The Morgan fingerprint density at radius 1 is 1.39 bits per heavy atom. The largest absolute Gasteiger partial charge is 0.456 e. The van der Waals surface area contributed by atoms with Crippen molar-refractivity contribution in [2.45, 2.75) is 19.9 Å². The van der Waals surface area contributed by atoms with Crippen molar-refractivity contribution in [2.75, 3.05) is 26.2 Å². The Kier molecular flexibility index (Phi) is 3.68. The van der Waals surface area contributed by atoms with Gasteiger partial charge in [0.05, 0.1) is 12.1 Å². The normalized spacial score (nSPS) is 18.4. The Labute approximate surface area is 107 Å². The van der Waals surface area contributed by atoms with Gasteiger partial charge in [-0.15, -0.1) is 0 Å². The number of nitriles is 1. The first-order chi connectivity index (χ1) is 8.61. The molecule has 0 aromatic carbocycles. The van der Waals surface area contributed by atoms with Crippen LogP contribution in [0.25, 0.3) is 0 Å². The second-order valence-corrected chi connectivity index (χ2v) is 4.54. The van der Waals surface area contributed by atoms with Gasteiger partial charge in [0.2, 0.25) is 0 Å². The molecule has 0 saturated carbocycles. The summed E-state index contributed by atoms with van der Waals surface area (Å²) in [4.78, 5) is 16.0. The molecule has 1 saturated heterocycles. The number of piperazine rings is 1. The molecule has 5 nitrogen and oxygen atoms in total. The maximum atomic E-state index is 12.1. The quantitative estimate of drug-likeness (QED) is 0.789. The van der Waals surface area contributed by atoms with Crippen LogP contribution in [-0.4, -0.2) is 47.9 Å². The highest BCUT2D eigenvalue weighted by Gasteiger charge is 2.25. The number of carbonyl (C=O) groups excluding carboxylic acids is 1. The Morgan fingerprint density at radius 2 is 2.06 bits per heavy atom. The summed E-state index contributed by atoms with van der Waals surface area (Å²) in [5.74, 6) is 1.08. The lowest BCUT2D eigenvalue weighted by Gasteiger charge is -2.35. The zero-order valence-corrected chi connectivity index (χ0v) is 10.7. The molecule has 96 valence electrons. The van der Waals surface area contributed by atoms with Gasteiger partial charge < -0.3 is 9.32 Å². The molecule has 0 N–H and O–H groups in total. The topological polar surface area (TPSA) is 60.5 Å². The third kappa shape index (κ3) is 2.54. The summed E-state index contributed by atoms with van der Waals surface area (Å²) >= 11 is 0. The van der Waals surface area contributed by atoms with Gasteiger partial charge in [-0.2, -0.15) is 5.26 Å². The fourth-order valence-electron chi connectivity index (χ4n) is 2.10. The number of carbonyl (C=O) groups is 1. The summed E-state index contributed by atoms with van der Waals surface area (Å²) < 4.78 is 5.34. The highest BCUT2D eigenvalue weighted by Crippen LogP contribution is 2.12. The van der Waals surface area contributed by atoms with E-state index in [2.05, 4.69) is 11.0 Å². The summed E-state index contributed by atoms with van der Waals surface area (Å²) in [5, 5.41) is 8.86. The molecule has 18 heavy (non-hydrogen) atoms. The molecule has 1 fully saturated rings. The van der Waals surface area contributed by atoms with E-state index < -0.39 is 0 Å². The van der Waals surface area contributed by atoms with Gasteiger partial charge in [-0.05, 0) is 26.0 Å². The Balaban J connectivity index is 1.94. The number of amides is 1. The monoisotopic (exact) mass is 247 g/mol. The van der Waals surface area contributed by atoms with E-state index in [1.54, 1.807) is 17.0 Å². The molecule has 1 amide bonds. The van der Waals surface area contributed by atoms with Crippen molar-refractivity contribution in [1.82, 2.24) is 9.80 Å². The lowest BCUT2D eigenvalue weighted by Crippen LogP contribution is -2.51. The Morgan fingerprint density at radius 3 is 2.56 bits per heavy atom. The molecule has 1 atom stereocenters. The van der Waals surface area contributed by atoms with E-state index in [1.165, 1.54) is 0 Å².